The number of fused-ring (bicyclic) bond motifs is 1. The van der Waals surface area contributed by atoms with Crippen molar-refractivity contribution in [2.24, 2.45) is 7.05 Å². The summed E-state index contributed by atoms with van der Waals surface area (Å²) in [6, 6.07) is 4.32. The van der Waals surface area contributed by atoms with E-state index < -0.39 is 0 Å². The first-order chi connectivity index (χ1) is 11.6. The molecule has 24 heavy (non-hydrogen) atoms. The Morgan fingerprint density at radius 1 is 1.21 bits per heavy atom. The number of carbonyl (C=O) groups excluding carboxylic acids is 1. The topological polar surface area (TPSA) is 51.9 Å². The van der Waals surface area contributed by atoms with Gasteiger partial charge in [-0.3, -0.25) is 9.48 Å². The highest BCUT2D eigenvalue weighted by molar-refractivity contribution is 7.98. The molecule has 0 aliphatic carbocycles. The highest BCUT2D eigenvalue weighted by atomic mass is 32.2. The van der Waals surface area contributed by atoms with Crippen LogP contribution < -0.4 is 5.32 Å². The summed E-state index contributed by atoms with van der Waals surface area (Å²) in [4.78, 5) is 12.2. The third-order valence-corrected chi connectivity index (χ3v) is 5.64. The summed E-state index contributed by atoms with van der Waals surface area (Å²) >= 11 is 1.86. The number of hydrogen-bond acceptors (Lipinski definition) is 3. The number of unbranched alkanes of at least 4 members (excludes halogenated alkanes) is 2. The van der Waals surface area contributed by atoms with Gasteiger partial charge >= 0.3 is 0 Å². The fourth-order valence-electron chi connectivity index (χ4n) is 3.28. The SMILES string of the molecule is Cc1ccc(C)n1CCCCCC(=O)Nc1c2c(nn1C)CSC2. The molecule has 0 atom stereocenters. The standard InChI is InChI=1S/C18H26N4OS/c1-13-8-9-14(2)22(13)10-6-4-5-7-17(23)19-18-15-11-24-12-16(15)20-21(18)3/h8-9H,4-7,10-12H2,1-3H3,(H,19,23). The zero-order valence-corrected chi connectivity index (χ0v) is 15.6. The van der Waals surface area contributed by atoms with Crippen LogP contribution in [-0.4, -0.2) is 20.3 Å². The van der Waals surface area contributed by atoms with Crippen LogP contribution in [-0.2, 0) is 29.9 Å². The molecule has 3 rings (SSSR count). The van der Waals surface area contributed by atoms with Gasteiger partial charge in [-0.1, -0.05) is 6.42 Å². The highest BCUT2D eigenvalue weighted by Gasteiger charge is 2.22. The molecule has 0 spiro atoms. The van der Waals surface area contributed by atoms with Crippen LogP contribution in [0.15, 0.2) is 12.1 Å². The van der Waals surface area contributed by atoms with E-state index in [-0.39, 0.29) is 5.91 Å². The molecule has 0 bridgehead atoms. The first kappa shape index (κ1) is 17.1. The van der Waals surface area contributed by atoms with Crippen LogP contribution in [0.25, 0.3) is 0 Å². The van der Waals surface area contributed by atoms with E-state index in [1.54, 1.807) is 4.68 Å². The summed E-state index contributed by atoms with van der Waals surface area (Å²) in [6.45, 7) is 5.33. The molecule has 0 fully saturated rings. The molecule has 1 aliphatic rings. The Kier molecular flexibility index (Phi) is 5.33. The van der Waals surface area contributed by atoms with Crippen molar-refractivity contribution in [3.63, 3.8) is 0 Å². The van der Waals surface area contributed by atoms with E-state index >= 15 is 0 Å². The lowest BCUT2D eigenvalue weighted by atomic mass is 10.2. The Balaban J connectivity index is 1.40. The summed E-state index contributed by atoms with van der Waals surface area (Å²) in [5.74, 6) is 2.90. The van der Waals surface area contributed by atoms with Gasteiger partial charge in [-0.25, -0.2) is 0 Å². The number of carbonyl (C=O) groups is 1. The second kappa shape index (κ2) is 7.47. The minimum Gasteiger partial charge on any atom is -0.349 e. The molecule has 0 saturated carbocycles. The maximum atomic E-state index is 12.2. The zero-order valence-electron chi connectivity index (χ0n) is 14.8. The number of thioether (sulfide) groups is 1. The number of anilines is 1. The number of nitrogens with zero attached hydrogens (tertiary/aromatic N) is 3. The van der Waals surface area contributed by atoms with E-state index in [9.17, 15) is 4.79 Å². The molecule has 2 aromatic heterocycles. The molecule has 1 amide bonds. The maximum absolute atomic E-state index is 12.2. The number of rotatable bonds is 7. The van der Waals surface area contributed by atoms with Gasteiger partial charge in [-0.15, -0.1) is 0 Å². The molecule has 5 nitrogen and oxygen atoms in total. The molecular weight excluding hydrogens is 320 g/mol. The van der Waals surface area contributed by atoms with Crippen LogP contribution in [0.3, 0.4) is 0 Å². The van der Waals surface area contributed by atoms with Crippen molar-refractivity contribution in [1.29, 1.82) is 0 Å². The fraction of sp³-hybridized carbons (Fsp3) is 0.556. The lowest BCUT2D eigenvalue weighted by molar-refractivity contribution is -0.116. The van der Waals surface area contributed by atoms with E-state index in [0.717, 1.165) is 48.8 Å². The minimum atomic E-state index is 0.103. The maximum Gasteiger partial charge on any atom is 0.225 e. The third kappa shape index (κ3) is 3.69. The second-order valence-electron chi connectivity index (χ2n) is 6.52. The normalized spacial score (nSPS) is 13.3. The van der Waals surface area contributed by atoms with E-state index in [0.29, 0.717) is 6.42 Å². The number of hydrogen-bond donors (Lipinski definition) is 1. The molecular formula is C18H26N4OS. The van der Waals surface area contributed by atoms with Gasteiger partial charge in [0.2, 0.25) is 5.91 Å². The van der Waals surface area contributed by atoms with Crippen molar-refractivity contribution in [2.45, 2.75) is 57.6 Å². The van der Waals surface area contributed by atoms with Gasteiger partial charge in [0.15, 0.2) is 0 Å². The van der Waals surface area contributed by atoms with E-state index in [2.05, 4.69) is 41.0 Å². The zero-order chi connectivity index (χ0) is 17.1. The van der Waals surface area contributed by atoms with Crippen LogP contribution in [0.2, 0.25) is 0 Å². The Hall–Kier alpha value is -1.69. The molecule has 0 saturated heterocycles. The Bertz CT molecular complexity index is 712. The molecule has 1 N–H and O–H groups in total. The summed E-state index contributed by atoms with van der Waals surface area (Å²) in [5, 5.41) is 7.53. The second-order valence-corrected chi connectivity index (χ2v) is 7.50. The quantitative estimate of drug-likeness (QED) is 0.776. The fourth-order valence-corrected chi connectivity index (χ4v) is 4.31. The predicted octanol–water partition coefficient (Wildman–Crippen LogP) is 3.78. The monoisotopic (exact) mass is 346 g/mol. The van der Waals surface area contributed by atoms with E-state index in [4.69, 9.17) is 0 Å². The largest absolute Gasteiger partial charge is 0.349 e. The van der Waals surface area contributed by atoms with Crippen LogP contribution in [0.5, 0.6) is 0 Å². The van der Waals surface area contributed by atoms with Crippen molar-refractivity contribution in [3.05, 3.63) is 34.8 Å². The summed E-state index contributed by atoms with van der Waals surface area (Å²) < 4.78 is 4.15. The highest BCUT2D eigenvalue weighted by Crippen LogP contribution is 2.34. The minimum absolute atomic E-state index is 0.103. The molecule has 6 heteroatoms. The molecule has 1 aliphatic heterocycles. The Morgan fingerprint density at radius 2 is 1.96 bits per heavy atom. The van der Waals surface area contributed by atoms with Crippen molar-refractivity contribution in [2.75, 3.05) is 5.32 Å². The number of nitrogens with one attached hydrogen (secondary N) is 1. The van der Waals surface area contributed by atoms with Crippen molar-refractivity contribution in [1.82, 2.24) is 14.3 Å². The van der Waals surface area contributed by atoms with E-state index in [1.807, 2.05) is 18.8 Å². The Morgan fingerprint density at radius 3 is 2.71 bits per heavy atom. The van der Waals surface area contributed by atoms with E-state index in [1.165, 1.54) is 17.0 Å². The molecule has 0 radical (unpaired) electrons. The number of aryl methyl sites for hydroxylation is 3. The Labute approximate surface area is 147 Å². The van der Waals surface area contributed by atoms with Gasteiger partial charge in [-0.2, -0.15) is 16.9 Å². The summed E-state index contributed by atoms with van der Waals surface area (Å²) in [5.41, 5.74) is 4.95. The third-order valence-electron chi connectivity index (χ3n) is 4.67. The van der Waals surface area contributed by atoms with Crippen molar-refractivity contribution < 1.29 is 4.79 Å². The molecule has 0 unspecified atom stereocenters. The predicted molar refractivity (Wildman–Crippen MR) is 99.2 cm³/mol. The van der Waals surface area contributed by atoms with Crippen molar-refractivity contribution in [3.8, 4) is 0 Å². The van der Waals surface area contributed by atoms with Crippen LogP contribution >= 0.6 is 11.8 Å². The summed E-state index contributed by atoms with van der Waals surface area (Å²) in [6.07, 6.45) is 3.70. The van der Waals surface area contributed by atoms with Gasteiger partial charge in [0.05, 0.1) is 5.69 Å². The van der Waals surface area contributed by atoms with Gasteiger partial charge in [0, 0.05) is 48.5 Å². The van der Waals surface area contributed by atoms with Gasteiger partial charge in [-0.05, 0) is 38.8 Å². The molecule has 2 aromatic rings. The van der Waals surface area contributed by atoms with Gasteiger partial charge in [0.1, 0.15) is 5.82 Å². The average molecular weight is 347 g/mol. The van der Waals surface area contributed by atoms with Gasteiger partial charge in [0.25, 0.3) is 0 Å². The first-order valence-corrected chi connectivity index (χ1v) is 9.77. The summed E-state index contributed by atoms with van der Waals surface area (Å²) in [7, 11) is 1.90. The number of amides is 1. The van der Waals surface area contributed by atoms with Crippen LogP contribution in [0.1, 0.15) is 48.3 Å². The lowest BCUT2D eigenvalue weighted by Gasteiger charge is -2.09. The average Bonchev–Trinajstić information content (AvgIpc) is 3.19. The first-order valence-electron chi connectivity index (χ1n) is 8.61. The number of aromatic nitrogens is 3. The molecule has 130 valence electrons. The van der Waals surface area contributed by atoms with Crippen molar-refractivity contribution >= 4 is 23.5 Å². The van der Waals surface area contributed by atoms with Crippen LogP contribution in [0, 0.1) is 13.8 Å². The molecule has 0 aromatic carbocycles. The smallest absolute Gasteiger partial charge is 0.225 e. The van der Waals surface area contributed by atoms with Gasteiger partial charge < -0.3 is 9.88 Å². The lowest BCUT2D eigenvalue weighted by Crippen LogP contribution is -2.15. The van der Waals surface area contributed by atoms with Crippen LogP contribution in [0.4, 0.5) is 5.82 Å². The molecule has 3 heterocycles.